The lowest BCUT2D eigenvalue weighted by Crippen LogP contribution is -2.31. The topological polar surface area (TPSA) is 66.8 Å². The molecule has 1 aliphatic rings. The van der Waals surface area contributed by atoms with Gasteiger partial charge in [-0.1, -0.05) is 53.5 Å². The Labute approximate surface area is 208 Å². The molecule has 5 nitrogen and oxygen atoms in total. The second-order valence-electron chi connectivity index (χ2n) is 8.02. The predicted molar refractivity (Wildman–Crippen MR) is 133 cm³/mol. The molecule has 0 aromatic heterocycles. The van der Waals surface area contributed by atoms with Gasteiger partial charge < -0.3 is 14.7 Å². The van der Waals surface area contributed by atoms with Crippen molar-refractivity contribution >= 4 is 40.7 Å². The van der Waals surface area contributed by atoms with Crippen LogP contribution < -0.4 is 4.74 Å². The van der Waals surface area contributed by atoms with Gasteiger partial charge in [0, 0.05) is 22.2 Å². The number of hydrogen-bond acceptors (Lipinski definition) is 4. The lowest BCUT2D eigenvalue weighted by molar-refractivity contribution is -0.140. The minimum absolute atomic E-state index is 0.0365. The van der Waals surface area contributed by atoms with E-state index in [1.807, 2.05) is 31.2 Å². The van der Waals surface area contributed by atoms with Gasteiger partial charge in [0.2, 0.25) is 0 Å². The third-order valence-electron chi connectivity index (χ3n) is 5.74. The van der Waals surface area contributed by atoms with E-state index in [1.165, 1.54) is 4.90 Å². The van der Waals surface area contributed by atoms with Gasteiger partial charge in [0.15, 0.2) is 0 Å². The molecule has 3 aromatic carbocycles. The van der Waals surface area contributed by atoms with Gasteiger partial charge in [0.25, 0.3) is 11.7 Å². The van der Waals surface area contributed by atoms with Crippen molar-refractivity contribution in [2.75, 3.05) is 13.2 Å². The molecule has 1 atom stereocenters. The molecular formula is C27H23Cl2NO4. The molecule has 1 N–H and O–H groups in total. The summed E-state index contributed by atoms with van der Waals surface area (Å²) in [5.41, 5.74) is 2.14. The molecule has 34 heavy (non-hydrogen) atoms. The number of carbonyl (C=O) groups excluding carboxylic acids is 2. The van der Waals surface area contributed by atoms with Crippen LogP contribution in [0.15, 0.2) is 78.4 Å². The number of amides is 1. The maximum atomic E-state index is 13.1. The Hall–Kier alpha value is -3.28. The molecule has 7 heteroatoms. The summed E-state index contributed by atoms with van der Waals surface area (Å²) in [5, 5.41) is 12.1. The molecule has 3 aromatic rings. The van der Waals surface area contributed by atoms with E-state index in [2.05, 4.69) is 0 Å². The van der Waals surface area contributed by atoms with Crippen molar-refractivity contribution in [3.8, 4) is 5.75 Å². The van der Waals surface area contributed by atoms with Gasteiger partial charge in [-0.05, 0) is 66.9 Å². The minimum atomic E-state index is -0.744. The zero-order valence-corrected chi connectivity index (χ0v) is 20.0. The van der Waals surface area contributed by atoms with Crippen molar-refractivity contribution in [3.63, 3.8) is 0 Å². The number of aryl methyl sites for hydroxylation is 1. The third-order valence-corrected chi connectivity index (χ3v) is 6.24. The fourth-order valence-corrected chi connectivity index (χ4v) is 4.25. The average molecular weight is 496 g/mol. The summed E-state index contributed by atoms with van der Waals surface area (Å²) in [5.74, 6) is -0.853. The molecule has 174 valence electrons. The number of halogens is 2. The Morgan fingerprint density at radius 1 is 0.941 bits per heavy atom. The van der Waals surface area contributed by atoms with Crippen LogP contribution in [0.5, 0.6) is 5.75 Å². The van der Waals surface area contributed by atoms with Crippen LogP contribution in [0.3, 0.4) is 0 Å². The Morgan fingerprint density at radius 3 is 2.21 bits per heavy atom. The predicted octanol–water partition coefficient (Wildman–Crippen LogP) is 6.19. The summed E-state index contributed by atoms with van der Waals surface area (Å²) in [6, 6.07) is 20.3. The lowest BCUT2D eigenvalue weighted by atomic mass is 9.95. The van der Waals surface area contributed by atoms with E-state index in [1.54, 1.807) is 48.5 Å². The van der Waals surface area contributed by atoms with E-state index in [0.29, 0.717) is 34.2 Å². The number of aliphatic hydroxyl groups is 1. The summed E-state index contributed by atoms with van der Waals surface area (Å²) in [7, 11) is 0. The van der Waals surface area contributed by atoms with E-state index >= 15 is 0 Å². The van der Waals surface area contributed by atoms with Crippen molar-refractivity contribution in [1.82, 2.24) is 4.90 Å². The van der Waals surface area contributed by atoms with Crippen LogP contribution in [0.25, 0.3) is 5.76 Å². The molecule has 0 aliphatic carbocycles. The highest BCUT2D eigenvalue weighted by Crippen LogP contribution is 2.39. The molecule has 0 radical (unpaired) electrons. The summed E-state index contributed by atoms with van der Waals surface area (Å²) < 4.78 is 5.86. The van der Waals surface area contributed by atoms with Crippen LogP contribution in [0, 0.1) is 6.92 Å². The largest absolute Gasteiger partial charge is 0.507 e. The van der Waals surface area contributed by atoms with Crippen LogP contribution in [-0.2, 0) is 9.59 Å². The first kappa shape index (κ1) is 23.9. The van der Waals surface area contributed by atoms with E-state index < -0.39 is 17.7 Å². The smallest absolute Gasteiger partial charge is 0.295 e. The first-order chi connectivity index (χ1) is 16.4. The summed E-state index contributed by atoms with van der Waals surface area (Å²) in [4.78, 5) is 27.6. The number of likely N-dealkylation sites (tertiary alicyclic amines) is 1. The molecule has 0 saturated carbocycles. The van der Waals surface area contributed by atoms with Crippen LogP contribution in [0.4, 0.5) is 0 Å². The molecule has 1 fully saturated rings. The summed E-state index contributed by atoms with van der Waals surface area (Å²) in [6.07, 6.45) is 0.506. The SMILES string of the molecule is Cc1ccccc1OCCCN1C(=O)C(=O)C(=C(O)c2ccc(Cl)cc2)C1c1ccc(Cl)cc1. The van der Waals surface area contributed by atoms with Crippen molar-refractivity contribution < 1.29 is 19.4 Å². The number of ether oxygens (including phenoxy) is 1. The number of nitrogens with zero attached hydrogens (tertiary/aromatic N) is 1. The fraction of sp³-hybridized carbons (Fsp3) is 0.185. The van der Waals surface area contributed by atoms with Crippen LogP contribution in [0.2, 0.25) is 10.0 Å². The summed E-state index contributed by atoms with van der Waals surface area (Å²) >= 11 is 12.0. The van der Waals surface area contributed by atoms with Crippen molar-refractivity contribution in [2.45, 2.75) is 19.4 Å². The standard InChI is InChI=1S/C27H23Cl2NO4/c1-17-5-2-3-6-22(17)34-16-4-15-30-24(18-7-11-20(28)12-8-18)23(26(32)27(30)33)25(31)19-9-13-21(29)14-10-19/h2-3,5-14,24,31H,4,15-16H2,1H3. The van der Waals surface area contributed by atoms with Gasteiger partial charge in [-0.15, -0.1) is 0 Å². The van der Waals surface area contributed by atoms with Crippen LogP contribution in [-0.4, -0.2) is 34.8 Å². The molecule has 1 heterocycles. The van der Waals surface area contributed by atoms with E-state index in [-0.39, 0.29) is 17.9 Å². The number of hydrogen-bond donors (Lipinski definition) is 1. The first-order valence-electron chi connectivity index (χ1n) is 10.8. The number of rotatable bonds is 7. The molecule has 1 unspecified atom stereocenters. The van der Waals surface area contributed by atoms with Gasteiger partial charge in [-0.3, -0.25) is 9.59 Å². The Morgan fingerprint density at radius 2 is 1.56 bits per heavy atom. The number of aliphatic hydroxyl groups excluding tert-OH is 1. The lowest BCUT2D eigenvalue weighted by Gasteiger charge is -2.25. The van der Waals surface area contributed by atoms with Gasteiger partial charge in [0.05, 0.1) is 18.2 Å². The first-order valence-corrected chi connectivity index (χ1v) is 11.6. The van der Waals surface area contributed by atoms with Crippen molar-refractivity contribution in [2.24, 2.45) is 0 Å². The third kappa shape index (κ3) is 4.96. The van der Waals surface area contributed by atoms with Crippen molar-refractivity contribution in [1.29, 1.82) is 0 Å². The Kier molecular flexibility index (Phi) is 7.25. The molecule has 1 saturated heterocycles. The monoisotopic (exact) mass is 495 g/mol. The molecule has 4 rings (SSSR count). The maximum Gasteiger partial charge on any atom is 0.295 e. The molecule has 1 aliphatic heterocycles. The zero-order chi connectivity index (χ0) is 24.2. The second kappa shape index (κ2) is 10.3. The molecule has 1 amide bonds. The fourth-order valence-electron chi connectivity index (χ4n) is 4.00. The molecule has 0 bridgehead atoms. The van der Waals surface area contributed by atoms with Gasteiger partial charge in [-0.25, -0.2) is 0 Å². The Balaban J connectivity index is 1.63. The van der Waals surface area contributed by atoms with Crippen LogP contribution >= 0.6 is 23.2 Å². The average Bonchev–Trinajstić information content (AvgIpc) is 3.08. The van der Waals surface area contributed by atoms with Gasteiger partial charge in [0.1, 0.15) is 11.5 Å². The molecular weight excluding hydrogens is 473 g/mol. The normalized spacial score (nSPS) is 17.3. The highest BCUT2D eigenvalue weighted by molar-refractivity contribution is 6.46. The number of Topliss-reactive ketones (excluding diaryl/α,β-unsaturated/α-hetero) is 1. The number of ketones is 1. The Bertz CT molecular complexity index is 1240. The van der Waals surface area contributed by atoms with Crippen LogP contribution in [0.1, 0.15) is 29.2 Å². The molecule has 0 spiro atoms. The quantitative estimate of drug-likeness (QED) is 0.183. The second-order valence-corrected chi connectivity index (χ2v) is 8.89. The highest BCUT2D eigenvalue weighted by Gasteiger charge is 2.45. The van der Waals surface area contributed by atoms with E-state index in [4.69, 9.17) is 27.9 Å². The number of para-hydroxylation sites is 1. The summed E-state index contributed by atoms with van der Waals surface area (Å²) in [6.45, 7) is 2.62. The zero-order valence-electron chi connectivity index (χ0n) is 18.5. The van der Waals surface area contributed by atoms with Gasteiger partial charge in [-0.2, -0.15) is 0 Å². The van der Waals surface area contributed by atoms with E-state index in [9.17, 15) is 14.7 Å². The van der Waals surface area contributed by atoms with Crippen molar-refractivity contribution in [3.05, 3.63) is 105 Å². The van der Waals surface area contributed by atoms with E-state index in [0.717, 1.165) is 11.3 Å². The minimum Gasteiger partial charge on any atom is -0.507 e. The maximum absolute atomic E-state index is 13.1. The number of carbonyl (C=O) groups is 2. The highest BCUT2D eigenvalue weighted by atomic mass is 35.5. The number of benzene rings is 3. The van der Waals surface area contributed by atoms with Gasteiger partial charge >= 0.3 is 0 Å².